The van der Waals surface area contributed by atoms with Crippen LogP contribution < -0.4 is 10.1 Å². The van der Waals surface area contributed by atoms with E-state index in [9.17, 15) is 0 Å². The molecule has 0 amide bonds. The van der Waals surface area contributed by atoms with Crippen LogP contribution in [0.1, 0.15) is 5.56 Å². The summed E-state index contributed by atoms with van der Waals surface area (Å²) in [6.45, 7) is 5.72. The average Bonchev–Trinajstić information content (AvgIpc) is 2.73. The van der Waals surface area contributed by atoms with Gasteiger partial charge in [0.1, 0.15) is 24.5 Å². The normalized spacial score (nSPS) is 14.9. The zero-order valence-corrected chi connectivity index (χ0v) is 16.4. The molecule has 28 heavy (non-hydrogen) atoms. The van der Waals surface area contributed by atoms with Gasteiger partial charge in [-0.15, -0.1) is 0 Å². The summed E-state index contributed by atoms with van der Waals surface area (Å²) in [6.07, 6.45) is 1.55. The van der Waals surface area contributed by atoms with E-state index in [0.717, 1.165) is 60.9 Å². The smallest absolute Gasteiger partial charge is 0.137 e. The third-order valence-electron chi connectivity index (χ3n) is 4.79. The molecule has 1 aromatic heterocycles. The van der Waals surface area contributed by atoms with Crippen LogP contribution in [0.3, 0.4) is 0 Å². The molecule has 0 atom stereocenters. The molecule has 3 aromatic rings. The summed E-state index contributed by atoms with van der Waals surface area (Å²) in [5, 5.41) is 5.01. The Morgan fingerprint density at radius 2 is 1.96 bits per heavy atom. The van der Waals surface area contributed by atoms with Crippen molar-refractivity contribution >= 4 is 28.3 Å². The molecule has 7 heteroatoms. The molecule has 0 bridgehead atoms. The molecule has 1 N–H and O–H groups in total. The fourth-order valence-electron chi connectivity index (χ4n) is 3.25. The number of para-hydroxylation sites is 1. The largest absolute Gasteiger partial charge is 0.492 e. The minimum atomic E-state index is 0.614. The van der Waals surface area contributed by atoms with Gasteiger partial charge in [0.25, 0.3) is 0 Å². The van der Waals surface area contributed by atoms with Crippen LogP contribution >= 0.6 is 11.6 Å². The van der Waals surface area contributed by atoms with Gasteiger partial charge >= 0.3 is 0 Å². The highest BCUT2D eigenvalue weighted by molar-refractivity contribution is 6.31. The van der Waals surface area contributed by atoms with Crippen molar-refractivity contribution in [2.45, 2.75) is 6.54 Å². The van der Waals surface area contributed by atoms with E-state index in [1.165, 1.54) is 0 Å². The third kappa shape index (κ3) is 4.70. The molecular weight excluding hydrogens is 376 g/mol. The number of aromatic nitrogens is 2. The number of hydrogen-bond donors (Lipinski definition) is 1. The number of morpholine rings is 1. The fraction of sp³-hybridized carbons (Fsp3) is 0.333. The zero-order chi connectivity index (χ0) is 19.2. The van der Waals surface area contributed by atoms with Crippen molar-refractivity contribution < 1.29 is 9.47 Å². The van der Waals surface area contributed by atoms with Crippen molar-refractivity contribution in [2.24, 2.45) is 0 Å². The molecule has 2 aromatic carbocycles. The van der Waals surface area contributed by atoms with Gasteiger partial charge < -0.3 is 14.8 Å². The van der Waals surface area contributed by atoms with E-state index in [1.54, 1.807) is 6.33 Å². The van der Waals surface area contributed by atoms with Gasteiger partial charge in [0.2, 0.25) is 0 Å². The highest BCUT2D eigenvalue weighted by Gasteiger charge is 2.11. The Morgan fingerprint density at radius 1 is 1.11 bits per heavy atom. The number of hydrogen-bond acceptors (Lipinski definition) is 6. The van der Waals surface area contributed by atoms with Crippen LogP contribution in [0.2, 0.25) is 5.02 Å². The second-order valence-corrected chi connectivity index (χ2v) is 7.08. The third-order valence-corrected chi connectivity index (χ3v) is 5.02. The lowest BCUT2D eigenvalue weighted by Gasteiger charge is -2.26. The predicted molar refractivity (Wildman–Crippen MR) is 111 cm³/mol. The second-order valence-electron chi connectivity index (χ2n) is 6.65. The fourth-order valence-corrected chi connectivity index (χ4v) is 3.42. The van der Waals surface area contributed by atoms with Gasteiger partial charge in [-0.25, -0.2) is 9.97 Å². The van der Waals surface area contributed by atoms with Crippen LogP contribution in [0.25, 0.3) is 10.9 Å². The van der Waals surface area contributed by atoms with Crippen LogP contribution in [-0.2, 0) is 11.3 Å². The van der Waals surface area contributed by atoms with E-state index in [1.807, 2.05) is 36.4 Å². The summed E-state index contributed by atoms with van der Waals surface area (Å²) in [7, 11) is 0. The van der Waals surface area contributed by atoms with Gasteiger partial charge in [-0.3, -0.25) is 4.90 Å². The number of benzene rings is 2. The Kier molecular flexibility index (Phi) is 6.21. The molecule has 1 aliphatic heterocycles. The van der Waals surface area contributed by atoms with Crippen molar-refractivity contribution in [3.63, 3.8) is 0 Å². The maximum absolute atomic E-state index is 6.06. The lowest BCUT2D eigenvalue weighted by molar-refractivity contribution is 0.0322. The first-order valence-corrected chi connectivity index (χ1v) is 9.82. The Labute approximate surface area is 169 Å². The van der Waals surface area contributed by atoms with Gasteiger partial charge in [0.05, 0.1) is 18.7 Å². The quantitative estimate of drug-likeness (QED) is 0.656. The van der Waals surface area contributed by atoms with Crippen molar-refractivity contribution in [3.8, 4) is 5.75 Å². The number of nitrogens with zero attached hydrogens (tertiary/aromatic N) is 3. The van der Waals surface area contributed by atoms with E-state index in [0.29, 0.717) is 18.2 Å². The highest BCUT2D eigenvalue weighted by atomic mass is 35.5. The van der Waals surface area contributed by atoms with Crippen molar-refractivity contribution in [2.75, 3.05) is 44.8 Å². The Hall–Kier alpha value is -2.41. The molecule has 6 nitrogen and oxygen atoms in total. The highest BCUT2D eigenvalue weighted by Crippen LogP contribution is 2.24. The van der Waals surface area contributed by atoms with E-state index in [4.69, 9.17) is 21.1 Å². The molecule has 1 fully saturated rings. The number of halogens is 1. The molecule has 0 unspecified atom stereocenters. The first kappa shape index (κ1) is 18.9. The Morgan fingerprint density at radius 3 is 2.86 bits per heavy atom. The predicted octanol–water partition coefficient (Wildman–Crippen LogP) is 3.61. The van der Waals surface area contributed by atoms with Gasteiger partial charge in [-0.2, -0.15) is 0 Å². The van der Waals surface area contributed by atoms with Crippen LogP contribution in [0, 0.1) is 0 Å². The number of fused-ring (bicyclic) bond motifs is 1. The van der Waals surface area contributed by atoms with Crippen molar-refractivity contribution in [1.29, 1.82) is 0 Å². The van der Waals surface area contributed by atoms with E-state index in [2.05, 4.69) is 26.3 Å². The average molecular weight is 399 g/mol. The number of ether oxygens (including phenoxy) is 2. The minimum absolute atomic E-state index is 0.614. The SMILES string of the molecule is Clc1ccc2c(NCc3ccccc3OCCN3CCOCC3)ncnc2c1. The van der Waals surface area contributed by atoms with Crippen LogP contribution in [0.4, 0.5) is 5.82 Å². The molecular formula is C21H23ClN4O2. The number of rotatable bonds is 7. The summed E-state index contributed by atoms with van der Waals surface area (Å²) in [5.41, 5.74) is 1.91. The second kappa shape index (κ2) is 9.19. The lowest BCUT2D eigenvalue weighted by atomic mass is 10.2. The lowest BCUT2D eigenvalue weighted by Crippen LogP contribution is -2.38. The molecule has 1 saturated heterocycles. The van der Waals surface area contributed by atoms with Gasteiger partial charge in [-0.05, 0) is 24.3 Å². The van der Waals surface area contributed by atoms with Gasteiger partial charge in [-0.1, -0.05) is 29.8 Å². The summed E-state index contributed by atoms with van der Waals surface area (Å²) >= 11 is 6.06. The Balaban J connectivity index is 1.40. The minimum Gasteiger partial charge on any atom is -0.492 e. The Bertz CT molecular complexity index is 931. The van der Waals surface area contributed by atoms with Crippen molar-refractivity contribution in [1.82, 2.24) is 14.9 Å². The zero-order valence-electron chi connectivity index (χ0n) is 15.6. The van der Waals surface area contributed by atoms with Gasteiger partial charge in [0, 0.05) is 42.2 Å². The summed E-state index contributed by atoms with van der Waals surface area (Å²) in [5.74, 6) is 1.68. The molecule has 0 spiro atoms. The first-order chi connectivity index (χ1) is 13.8. The van der Waals surface area contributed by atoms with Crippen LogP contribution in [0.5, 0.6) is 5.75 Å². The summed E-state index contributed by atoms with van der Waals surface area (Å²) in [6, 6.07) is 13.7. The molecule has 2 heterocycles. The van der Waals surface area contributed by atoms with E-state index in [-0.39, 0.29) is 0 Å². The first-order valence-electron chi connectivity index (χ1n) is 9.44. The summed E-state index contributed by atoms with van der Waals surface area (Å²) < 4.78 is 11.4. The maximum Gasteiger partial charge on any atom is 0.137 e. The van der Waals surface area contributed by atoms with Gasteiger partial charge in [0.15, 0.2) is 0 Å². The van der Waals surface area contributed by atoms with Crippen LogP contribution in [0.15, 0.2) is 48.8 Å². The molecule has 4 rings (SSSR count). The number of nitrogens with one attached hydrogen (secondary N) is 1. The molecule has 0 aliphatic carbocycles. The van der Waals surface area contributed by atoms with E-state index >= 15 is 0 Å². The van der Waals surface area contributed by atoms with E-state index < -0.39 is 0 Å². The molecule has 0 radical (unpaired) electrons. The topological polar surface area (TPSA) is 59.5 Å². The maximum atomic E-state index is 6.06. The molecule has 1 aliphatic rings. The monoisotopic (exact) mass is 398 g/mol. The molecule has 146 valence electrons. The van der Waals surface area contributed by atoms with Crippen molar-refractivity contribution in [3.05, 3.63) is 59.4 Å². The molecule has 0 saturated carbocycles. The standard InChI is InChI=1S/C21H23ClN4O2/c22-17-5-6-18-19(13-17)24-15-25-21(18)23-14-16-3-1-2-4-20(16)28-12-9-26-7-10-27-11-8-26/h1-6,13,15H,7-12,14H2,(H,23,24,25). The summed E-state index contributed by atoms with van der Waals surface area (Å²) in [4.78, 5) is 11.0. The number of anilines is 1. The van der Waals surface area contributed by atoms with Crippen LogP contribution in [-0.4, -0.2) is 54.3 Å².